The van der Waals surface area contributed by atoms with Crippen LogP contribution in [0.15, 0.2) is 18.2 Å². The first kappa shape index (κ1) is 14.5. The van der Waals surface area contributed by atoms with Crippen LogP contribution in [0.5, 0.6) is 0 Å². The van der Waals surface area contributed by atoms with E-state index < -0.39 is 0 Å². The Hall–Kier alpha value is -0.890. The third-order valence-electron chi connectivity index (χ3n) is 4.65. The molecule has 2 rings (SSSR count). The van der Waals surface area contributed by atoms with E-state index in [2.05, 4.69) is 13.8 Å². The summed E-state index contributed by atoms with van der Waals surface area (Å²) in [6.45, 7) is 6.54. The molecule has 0 aliphatic heterocycles. The summed E-state index contributed by atoms with van der Waals surface area (Å²) in [6, 6.07) is 4.98. The zero-order chi connectivity index (χ0) is 14.0. The maximum absolute atomic E-state index is 13.5. The van der Waals surface area contributed by atoms with Gasteiger partial charge in [0.05, 0.1) is 0 Å². The van der Waals surface area contributed by atoms with Gasteiger partial charge in [-0.25, -0.2) is 4.39 Å². The highest BCUT2D eigenvalue weighted by atomic mass is 19.1. The van der Waals surface area contributed by atoms with Crippen molar-refractivity contribution in [3.8, 4) is 0 Å². The van der Waals surface area contributed by atoms with Gasteiger partial charge in [-0.1, -0.05) is 32.8 Å². The second-order valence-electron chi connectivity index (χ2n) is 6.65. The molecule has 1 aromatic rings. The number of nitrogens with two attached hydrogens (primary N) is 1. The summed E-state index contributed by atoms with van der Waals surface area (Å²) in [6.07, 6.45) is 6.03. The minimum absolute atomic E-state index is 0.0342. The van der Waals surface area contributed by atoms with Crippen molar-refractivity contribution < 1.29 is 4.39 Å². The smallest absolute Gasteiger partial charge is 0.123 e. The largest absolute Gasteiger partial charge is 0.323 e. The topological polar surface area (TPSA) is 26.0 Å². The van der Waals surface area contributed by atoms with Crippen LogP contribution in [0.2, 0.25) is 0 Å². The van der Waals surface area contributed by atoms with Crippen LogP contribution in [0.25, 0.3) is 0 Å². The van der Waals surface area contributed by atoms with Gasteiger partial charge in [-0.15, -0.1) is 0 Å². The number of hydrogen-bond acceptors (Lipinski definition) is 1. The molecule has 0 aromatic heterocycles. The number of hydrogen-bond donors (Lipinski definition) is 1. The van der Waals surface area contributed by atoms with E-state index in [9.17, 15) is 4.39 Å². The molecular formula is C17H26FN. The van der Waals surface area contributed by atoms with E-state index in [0.29, 0.717) is 5.92 Å². The summed E-state index contributed by atoms with van der Waals surface area (Å²) in [5.74, 6) is 0.465. The van der Waals surface area contributed by atoms with Crippen LogP contribution in [0.1, 0.15) is 63.1 Å². The van der Waals surface area contributed by atoms with Crippen molar-refractivity contribution in [3.63, 3.8) is 0 Å². The van der Waals surface area contributed by atoms with Crippen LogP contribution in [0.4, 0.5) is 4.39 Å². The van der Waals surface area contributed by atoms with E-state index >= 15 is 0 Å². The first-order chi connectivity index (χ1) is 8.94. The molecular weight excluding hydrogens is 237 g/mol. The van der Waals surface area contributed by atoms with Gasteiger partial charge in [0.25, 0.3) is 0 Å². The summed E-state index contributed by atoms with van der Waals surface area (Å²) >= 11 is 0. The lowest BCUT2D eigenvalue weighted by molar-refractivity contribution is 0.183. The van der Waals surface area contributed by atoms with Gasteiger partial charge in [-0.3, -0.25) is 0 Å². The number of benzene rings is 1. The first-order valence-electron chi connectivity index (χ1n) is 7.46. The fourth-order valence-corrected chi connectivity index (χ4v) is 3.81. The Morgan fingerprint density at radius 2 is 1.89 bits per heavy atom. The van der Waals surface area contributed by atoms with Crippen LogP contribution in [0, 0.1) is 24.1 Å². The van der Waals surface area contributed by atoms with E-state index in [1.54, 1.807) is 6.07 Å². The molecule has 0 bridgehead atoms. The summed E-state index contributed by atoms with van der Waals surface area (Å²) in [7, 11) is 0. The molecule has 2 N–H and O–H groups in total. The van der Waals surface area contributed by atoms with Gasteiger partial charge in [-0.05, 0) is 60.8 Å². The number of rotatable bonds is 4. The molecule has 1 unspecified atom stereocenters. The molecule has 2 heteroatoms. The van der Waals surface area contributed by atoms with Crippen LogP contribution in [-0.2, 0) is 0 Å². The minimum atomic E-state index is -0.172. The van der Waals surface area contributed by atoms with Gasteiger partial charge >= 0.3 is 0 Å². The second-order valence-corrected chi connectivity index (χ2v) is 6.65. The van der Waals surface area contributed by atoms with Gasteiger partial charge in [0.15, 0.2) is 0 Å². The molecule has 1 nitrogen and oxygen atoms in total. The molecule has 0 spiro atoms. The van der Waals surface area contributed by atoms with Gasteiger partial charge < -0.3 is 5.73 Å². The zero-order valence-electron chi connectivity index (χ0n) is 12.4. The van der Waals surface area contributed by atoms with Gasteiger partial charge in [0, 0.05) is 6.04 Å². The Bertz CT molecular complexity index is 433. The lowest BCUT2D eigenvalue weighted by atomic mass is 9.70. The molecule has 106 valence electrons. The SMILES string of the molecule is Cc1ccc(F)cc1C(N)C1(CC(C)C)CCCC1. The van der Waals surface area contributed by atoms with Crippen LogP contribution in [0.3, 0.4) is 0 Å². The normalized spacial score (nSPS) is 19.9. The van der Waals surface area contributed by atoms with Crippen molar-refractivity contribution in [2.45, 2.75) is 58.9 Å². The van der Waals surface area contributed by atoms with E-state index in [4.69, 9.17) is 5.73 Å². The monoisotopic (exact) mass is 263 g/mol. The lowest BCUT2D eigenvalue weighted by Gasteiger charge is -2.38. The molecule has 19 heavy (non-hydrogen) atoms. The first-order valence-corrected chi connectivity index (χ1v) is 7.46. The predicted molar refractivity (Wildman–Crippen MR) is 78.4 cm³/mol. The fraction of sp³-hybridized carbons (Fsp3) is 0.647. The standard InChI is InChI=1S/C17H26FN/c1-12(2)11-17(8-4-5-9-17)16(19)15-10-14(18)7-6-13(15)3/h6-7,10,12,16H,4-5,8-9,11,19H2,1-3H3. The van der Waals surface area contributed by atoms with Crippen LogP contribution < -0.4 is 5.73 Å². The molecule has 0 heterocycles. The molecule has 1 aliphatic carbocycles. The Labute approximate surface area is 116 Å². The maximum Gasteiger partial charge on any atom is 0.123 e. The van der Waals surface area contributed by atoms with Crippen LogP contribution in [-0.4, -0.2) is 0 Å². The Morgan fingerprint density at radius 3 is 2.47 bits per heavy atom. The second kappa shape index (κ2) is 5.62. The average Bonchev–Trinajstić information content (AvgIpc) is 2.80. The molecule has 1 aromatic carbocycles. The highest BCUT2D eigenvalue weighted by Gasteiger charge is 2.40. The van der Waals surface area contributed by atoms with Gasteiger partial charge in [0.1, 0.15) is 5.82 Å². The van der Waals surface area contributed by atoms with Crippen molar-refractivity contribution in [2.75, 3.05) is 0 Å². The number of halogens is 1. The van der Waals surface area contributed by atoms with Crippen molar-refractivity contribution >= 4 is 0 Å². The molecule has 0 saturated heterocycles. The van der Waals surface area contributed by atoms with E-state index in [1.807, 2.05) is 13.0 Å². The average molecular weight is 263 g/mol. The highest BCUT2D eigenvalue weighted by molar-refractivity contribution is 5.31. The number of aryl methyl sites for hydroxylation is 1. The predicted octanol–water partition coefficient (Wildman–Crippen LogP) is 4.74. The van der Waals surface area contributed by atoms with Crippen LogP contribution >= 0.6 is 0 Å². The molecule has 0 amide bonds. The van der Waals surface area contributed by atoms with E-state index in [1.165, 1.54) is 31.7 Å². The summed E-state index contributed by atoms with van der Waals surface area (Å²) < 4.78 is 13.5. The van der Waals surface area contributed by atoms with Crippen molar-refractivity contribution in [1.82, 2.24) is 0 Å². The van der Waals surface area contributed by atoms with Gasteiger partial charge in [-0.2, -0.15) is 0 Å². The third-order valence-corrected chi connectivity index (χ3v) is 4.65. The maximum atomic E-state index is 13.5. The lowest BCUT2D eigenvalue weighted by Crippen LogP contribution is -2.34. The fourth-order valence-electron chi connectivity index (χ4n) is 3.81. The van der Waals surface area contributed by atoms with Crippen molar-refractivity contribution in [2.24, 2.45) is 17.1 Å². The zero-order valence-corrected chi connectivity index (χ0v) is 12.4. The Kier molecular flexibility index (Phi) is 4.29. The van der Waals surface area contributed by atoms with Crippen molar-refractivity contribution in [1.29, 1.82) is 0 Å². The Balaban J connectivity index is 2.33. The molecule has 1 fully saturated rings. The van der Waals surface area contributed by atoms with Gasteiger partial charge in [0.2, 0.25) is 0 Å². The summed E-state index contributed by atoms with van der Waals surface area (Å²) in [5, 5.41) is 0. The summed E-state index contributed by atoms with van der Waals surface area (Å²) in [4.78, 5) is 0. The third kappa shape index (κ3) is 3.00. The Morgan fingerprint density at radius 1 is 1.26 bits per heavy atom. The molecule has 1 aliphatic rings. The quantitative estimate of drug-likeness (QED) is 0.834. The molecule has 0 radical (unpaired) electrons. The highest BCUT2D eigenvalue weighted by Crippen LogP contribution is 2.51. The van der Waals surface area contributed by atoms with E-state index in [-0.39, 0.29) is 17.3 Å². The van der Waals surface area contributed by atoms with Crippen molar-refractivity contribution in [3.05, 3.63) is 35.1 Å². The minimum Gasteiger partial charge on any atom is -0.323 e. The van der Waals surface area contributed by atoms with E-state index in [0.717, 1.165) is 17.5 Å². The summed E-state index contributed by atoms with van der Waals surface area (Å²) in [5.41, 5.74) is 8.88. The molecule has 1 saturated carbocycles. The molecule has 1 atom stereocenters.